The van der Waals surface area contributed by atoms with Crippen molar-refractivity contribution in [3.05, 3.63) is 0 Å². The molecule has 0 spiro atoms. The van der Waals surface area contributed by atoms with Crippen molar-refractivity contribution < 1.29 is 18.4 Å². The minimum atomic E-state index is -3.05. The number of carbonyl (C=O) groups is 1. The second kappa shape index (κ2) is 6.33. The molecule has 0 bridgehead atoms. The van der Waals surface area contributed by atoms with Crippen molar-refractivity contribution in [3.63, 3.8) is 0 Å². The Kier molecular flexibility index (Phi) is 6.25. The summed E-state index contributed by atoms with van der Waals surface area (Å²) in [5, 5.41) is 0. The lowest BCUT2D eigenvalue weighted by atomic mass is 10.1. The van der Waals surface area contributed by atoms with E-state index < -0.39 is 7.60 Å². The number of rotatable bonds is 7. The van der Waals surface area contributed by atoms with Crippen molar-refractivity contribution in [2.45, 2.75) is 27.7 Å². The Hall–Kier alpha value is -0.180. The van der Waals surface area contributed by atoms with E-state index >= 15 is 0 Å². The molecule has 0 aliphatic heterocycles. The molecule has 0 amide bonds. The van der Waals surface area contributed by atoms with Gasteiger partial charge in [-0.3, -0.25) is 9.36 Å². The van der Waals surface area contributed by atoms with E-state index in [-0.39, 0.29) is 17.9 Å². The van der Waals surface area contributed by atoms with Crippen molar-refractivity contribution in [2.24, 2.45) is 5.92 Å². The molecule has 0 rings (SSSR count). The zero-order chi connectivity index (χ0) is 11.2. The van der Waals surface area contributed by atoms with Crippen LogP contribution >= 0.6 is 7.60 Å². The topological polar surface area (TPSA) is 52.6 Å². The third-order valence-corrected chi connectivity index (χ3v) is 4.14. The normalized spacial score (nSPS) is 14.0. The van der Waals surface area contributed by atoms with Crippen LogP contribution in [0.4, 0.5) is 0 Å². The SMILES string of the molecule is CCOP(=O)(CC(C)C(C)=O)OCC. The van der Waals surface area contributed by atoms with Crippen LogP contribution in [0.2, 0.25) is 0 Å². The first-order valence-electron chi connectivity index (χ1n) is 4.83. The highest BCUT2D eigenvalue weighted by Crippen LogP contribution is 2.49. The lowest BCUT2D eigenvalue weighted by Gasteiger charge is -2.19. The van der Waals surface area contributed by atoms with Gasteiger partial charge >= 0.3 is 7.60 Å². The summed E-state index contributed by atoms with van der Waals surface area (Å²) in [5.41, 5.74) is 0. The molecule has 0 aromatic carbocycles. The van der Waals surface area contributed by atoms with Gasteiger partial charge in [-0.2, -0.15) is 0 Å². The summed E-state index contributed by atoms with van der Waals surface area (Å²) in [6.45, 7) is 7.39. The predicted molar refractivity (Wildman–Crippen MR) is 55.6 cm³/mol. The molecule has 0 saturated carbocycles. The summed E-state index contributed by atoms with van der Waals surface area (Å²) >= 11 is 0. The van der Waals surface area contributed by atoms with Crippen LogP contribution in [0.5, 0.6) is 0 Å². The van der Waals surface area contributed by atoms with Crippen molar-refractivity contribution >= 4 is 13.4 Å². The largest absolute Gasteiger partial charge is 0.331 e. The number of hydrogen-bond donors (Lipinski definition) is 0. The summed E-state index contributed by atoms with van der Waals surface area (Å²) in [4.78, 5) is 11.0. The Morgan fingerprint density at radius 3 is 2.00 bits per heavy atom. The molecule has 14 heavy (non-hydrogen) atoms. The Bertz CT molecular complexity index is 217. The number of hydrogen-bond acceptors (Lipinski definition) is 4. The molecule has 0 saturated heterocycles. The maximum Gasteiger partial charge on any atom is 0.331 e. The van der Waals surface area contributed by atoms with Gasteiger partial charge in [0.1, 0.15) is 5.78 Å². The minimum Gasteiger partial charge on any atom is -0.309 e. The first-order chi connectivity index (χ1) is 6.45. The molecule has 0 aliphatic carbocycles. The Labute approximate surface area is 85.5 Å². The molecular formula is C9H19O4P. The molecule has 4 nitrogen and oxygen atoms in total. The molecule has 0 radical (unpaired) electrons. The first-order valence-corrected chi connectivity index (χ1v) is 6.56. The van der Waals surface area contributed by atoms with E-state index in [0.717, 1.165) is 0 Å². The van der Waals surface area contributed by atoms with Crippen LogP contribution in [0.3, 0.4) is 0 Å². The van der Waals surface area contributed by atoms with Crippen molar-refractivity contribution in [1.82, 2.24) is 0 Å². The third-order valence-electron chi connectivity index (χ3n) is 1.84. The van der Waals surface area contributed by atoms with E-state index in [0.29, 0.717) is 13.2 Å². The third kappa shape index (κ3) is 4.89. The second-order valence-corrected chi connectivity index (χ2v) is 5.24. The van der Waals surface area contributed by atoms with Gasteiger partial charge in [-0.15, -0.1) is 0 Å². The van der Waals surface area contributed by atoms with Crippen LogP contribution in [0.25, 0.3) is 0 Å². The standard InChI is InChI=1S/C9H19O4P/c1-5-12-14(11,13-6-2)7-8(3)9(4)10/h8H,5-7H2,1-4H3. The lowest BCUT2D eigenvalue weighted by molar-refractivity contribution is -0.119. The Balaban J connectivity index is 4.35. The molecule has 1 unspecified atom stereocenters. The highest BCUT2D eigenvalue weighted by Gasteiger charge is 2.28. The summed E-state index contributed by atoms with van der Waals surface area (Å²) in [5.74, 6) is -0.274. The maximum absolute atomic E-state index is 11.9. The van der Waals surface area contributed by atoms with E-state index in [4.69, 9.17) is 9.05 Å². The average molecular weight is 222 g/mol. The molecular weight excluding hydrogens is 203 g/mol. The number of Topliss-reactive ketones (excluding diaryl/α,β-unsaturated/α-hetero) is 1. The van der Waals surface area contributed by atoms with Gasteiger partial charge in [0, 0.05) is 5.92 Å². The van der Waals surface area contributed by atoms with Gasteiger partial charge in [0.2, 0.25) is 0 Å². The van der Waals surface area contributed by atoms with Gasteiger partial charge in [-0.25, -0.2) is 0 Å². The summed E-state index contributed by atoms with van der Waals surface area (Å²) in [7, 11) is -3.05. The predicted octanol–water partition coefficient (Wildman–Crippen LogP) is 2.48. The molecule has 0 N–H and O–H groups in total. The summed E-state index contributed by atoms with van der Waals surface area (Å²) < 4.78 is 22.1. The zero-order valence-electron chi connectivity index (χ0n) is 9.28. The Morgan fingerprint density at radius 1 is 1.29 bits per heavy atom. The fourth-order valence-electron chi connectivity index (χ4n) is 1.00. The van der Waals surface area contributed by atoms with E-state index in [2.05, 4.69) is 0 Å². The van der Waals surface area contributed by atoms with Crippen LogP contribution in [0.15, 0.2) is 0 Å². The fourth-order valence-corrected chi connectivity index (χ4v) is 3.00. The molecule has 0 aromatic heterocycles. The Morgan fingerprint density at radius 2 is 1.71 bits per heavy atom. The van der Waals surface area contributed by atoms with Gasteiger partial charge in [-0.1, -0.05) is 6.92 Å². The van der Waals surface area contributed by atoms with E-state index in [1.54, 1.807) is 20.8 Å². The van der Waals surface area contributed by atoms with Crippen molar-refractivity contribution in [2.75, 3.05) is 19.4 Å². The van der Waals surface area contributed by atoms with Crippen LogP contribution in [0, 0.1) is 5.92 Å². The summed E-state index contributed by atoms with van der Waals surface area (Å²) in [6.07, 6.45) is 0.171. The van der Waals surface area contributed by atoms with E-state index in [9.17, 15) is 9.36 Å². The maximum atomic E-state index is 11.9. The van der Waals surface area contributed by atoms with Crippen LogP contribution in [-0.2, 0) is 18.4 Å². The number of ketones is 1. The molecule has 0 heterocycles. The lowest BCUT2D eigenvalue weighted by Crippen LogP contribution is -2.14. The second-order valence-electron chi connectivity index (χ2n) is 3.14. The molecule has 5 heteroatoms. The van der Waals surface area contributed by atoms with Crippen LogP contribution < -0.4 is 0 Å². The highest BCUT2D eigenvalue weighted by molar-refractivity contribution is 7.53. The monoisotopic (exact) mass is 222 g/mol. The quantitative estimate of drug-likeness (QED) is 0.621. The molecule has 0 aromatic rings. The number of carbonyl (C=O) groups excluding carboxylic acids is 1. The van der Waals surface area contributed by atoms with Gasteiger partial charge < -0.3 is 9.05 Å². The van der Waals surface area contributed by atoms with Gasteiger partial charge in [0.15, 0.2) is 0 Å². The van der Waals surface area contributed by atoms with Gasteiger partial charge in [0.05, 0.1) is 19.4 Å². The molecule has 84 valence electrons. The molecule has 1 atom stereocenters. The summed E-state index contributed by atoms with van der Waals surface area (Å²) in [6, 6.07) is 0. The average Bonchev–Trinajstić information content (AvgIpc) is 2.04. The van der Waals surface area contributed by atoms with Gasteiger partial charge in [0.25, 0.3) is 0 Å². The smallest absolute Gasteiger partial charge is 0.309 e. The van der Waals surface area contributed by atoms with E-state index in [1.165, 1.54) is 6.92 Å². The highest BCUT2D eigenvalue weighted by atomic mass is 31.2. The first kappa shape index (κ1) is 13.8. The van der Waals surface area contributed by atoms with E-state index in [1.807, 2.05) is 0 Å². The van der Waals surface area contributed by atoms with Crippen LogP contribution in [-0.4, -0.2) is 25.2 Å². The van der Waals surface area contributed by atoms with Crippen LogP contribution in [0.1, 0.15) is 27.7 Å². The molecule has 0 fully saturated rings. The zero-order valence-corrected chi connectivity index (χ0v) is 10.2. The van der Waals surface area contributed by atoms with Crippen molar-refractivity contribution in [3.8, 4) is 0 Å². The van der Waals surface area contributed by atoms with Crippen molar-refractivity contribution in [1.29, 1.82) is 0 Å². The molecule has 0 aliphatic rings. The fraction of sp³-hybridized carbons (Fsp3) is 0.889. The van der Waals surface area contributed by atoms with Gasteiger partial charge in [-0.05, 0) is 20.8 Å². The minimum absolute atomic E-state index is 0.00429.